The summed E-state index contributed by atoms with van der Waals surface area (Å²) in [6, 6.07) is 15.0. The van der Waals surface area contributed by atoms with Crippen molar-refractivity contribution < 1.29 is 22.0 Å². The number of hydrogen-bond acceptors (Lipinski definition) is 4. The Kier molecular flexibility index (Phi) is 5.75. The third kappa shape index (κ3) is 4.38. The number of aromatic nitrogens is 2. The number of nitrogens with one attached hydrogen (secondary N) is 2. The van der Waals surface area contributed by atoms with Gasteiger partial charge in [0.15, 0.2) is 11.6 Å². The average molecular weight is 455 g/mol. The predicted molar refractivity (Wildman–Crippen MR) is 119 cm³/mol. The molecule has 2 aromatic heterocycles. The molecule has 0 aliphatic rings. The number of Topliss-reactive ketones (excluding diaryl/α,β-unsaturated/α-hetero) is 1. The van der Waals surface area contributed by atoms with E-state index in [1.54, 1.807) is 6.07 Å². The molecule has 0 atom stereocenters. The van der Waals surface area contributed by atoms with Crippen molar-refractivity contribution in [1.82, 2.24) is 9.97 Å². The third-order valence-electron chi connectivity index (χ3n) is 4.99. The van der Waals surface area contributed by atoms with E-state index in [1.807, 2.05) is 41.1 Å². The van der Waals surface area contributed by atoms with Gasteiger partial charge in [0.1, 0.15) is 11.5 Å². The van der Waals surface area contributed by atoms with E-state index in [0.29, 0.717) is 11.2 Å². The fourth-order valence-electron chi connectivity index (χ4n) is 3.33. The minimum Gasteiger partial charge on any atom is -0.339 e. The van der Waals surface area contributed by atoms with Crippen LogP contribution in [0.1, 0.15) is 22.8 Å². The highest BCUT2D eigenvalue weighted by Gasteiger charge is 2.23. The Morgan fingerprint density at radius 3 is 2.56 bits per heavy atom. The minimum atomic E-state index is -3.79. The number of carbonyl (C=O) groups excluding carboxylic acids is 1. The van der Waals surface area contributed by atoms with E-state index in [-0.39, 0.29) is 12.2 Å². The van der Waals surface area contributed by atoms with E-state index >= 15 is 0 Å². The molecule has 0 radical (unpaired) electrons. The molecule has 32 heavy (non-hydrogen) atoms. The van der Waals surface area contributed by atoms with Gasteiger partial charge in [0.25, 0.3) is 0 Å². The quantitative estimate of drug-likeness (QED) is 0.395. The second-order valence-corrected chi connectivity index (χ2v) is 9.23. The Bertz CT molecular complexity index is 1420. The predicted octanol–water partition coefficient (Wildman–Crippen LogP) is 4.70. The molecule has 0 saturated carbocycles. The molecule has 0 spiro atoms. The first-order valence-corrected chi connectivity index (χ1v) is 11.5. The Morgan fingerprint density at radius 1 is 1.09 bits per heavy atom. The first kappa shape index (κ1) is 21.6. The minimum absolute atomic E-state index is 0.291. The summed E-state index contributed by atoms with van der Waals surface area (Å²) in [6.45, 7) is 1.38. The van der Waals surface area contributed by atoms with Crippen molar-refractivity contribution >= 4 is 32.5 Å². The van der Waals surface area contributed by atoms with Crippen molar-refractivity contribution in [3.63, 3.8) is 0 Å². The number of halogens is 2. The van der Waals surface area contributed by atoms with Crippen LogP contribution in [-0.4, -0.2) is 29.9 Å². The molecule has 0 aliphatic carbocycles. The lowest BCUT2D eigenvalue weighted by atomic mass is 10.0. The molecule has 4 rings (SSSR count). The van der Waals surface area contributed by atoms with E-state index in [0.717, 1.165) is 28.8 Å². The maximum Gasteiger partial charge on any atom is 0.232 e. The number of rotatable bonds is 7. The molecule has 0 amide bonds. The summed E-state index contributed by atoms with van der Waals surface area (Å²) in [7, 11) is -3.79. The van der Waals surface area contributed by atoms with Crippen LogP contribution < -0.4 is 4.72 Å². The van der Waals surface area contributed by atoms with Crippen LogP contribution in [-0.2, 0) is 16.4 Å². The molecule has 164 valence electrons. The first-order chi connectivity index (χ1) is 15.3. The van der Waals surface area contributed by atoms with Crippen LogP contribution in [0.15, 0.2) is 60.8 Å². The van der Waals surface area contributed by atoms with E-state index in [4.69, 9.17) is 0 Å². The second kappa shape index (κ2) is 8.51. The number of benzene rings is 2. The van der Waals surface area contributed by atoms with Gasteiger partial charge in [0.2, 0.25) is 10.0 Å². The van der Waals surface area contributed by atoms with Gasteiger partial charge in [-0.2, -0.15) is 0 Å². The lowest BCUT2D eigenvalue weighted by Gasteiger charge is -2.11. The Hall–Kier alpha value is -3.59. The summed E-state index contributed by atoms with van der Waals surface area (Å²) >= 11 is 0. The van der Waals surface area contributed by atoms with E-state index in [9.17, 15) is 22.0 Å². The Morgan fingerprint density at radius 2 is 1.84 bits per heavy atom. The number of aromatic amines is 1. The van der Waals surface area contributed by atoms with Crippen LogP contribution in [0.2, 0.25) is 0 Å². The summed E-state index contributed by atoms with van der Waals surface area (Å²) in [5.74, 6) is -3.42. The van der Waals surface area contributed by atoms with Crippen LogP contribution in [0.4, 0.5) is 14.5 Å². The highest BCUT2D eigenvalue weighted by Crippen LogP contribution is 2.26. The van der Waals surface area contributed by atoms with Gasteiger partial charge in [-0.05, 0) is 42.3 Å². The van der Waals surface area contributed by atoms with Crippen molar-refractivity contribution in [2.24, 2.45) is 0 Å². The van der Waals surface area contributed by atoms with Gasteiger partial charge in [-0.15, -0.1) is 0 Å². The number of hydrogen-bond donors (Lipinski definition) is 2. The number of ketones is 1. The molecule has 0 unspecified atom stereocenters. The Labute approximate surface area is 183 Å². The molecule has 0 bridgehead atoms. The van der Waals surface area contributed by atoms with Gasteiger partial charge in [-0.25, -0.2) is 22.2 Å². The number of H-pyrrole nitrogens is 1. The average Bonchev–Trinajstić information content (AvgIpc) is 3.20. The zero-order chi connectivity index (χ0) is 22.9. The molecular weight excluding hydrogens is 436 g/mol. The maximum atomic E-state index is 14.8. The van der Waals surface area contributed by atoms with E-state index in [1.165, 1.54) is 13.1 Å². The van der Waals surface area contributed by atoms with Crippen LogP contribution in [0.3, 0.4) is 0 Å². The van der Waals surface area contributed by atoms with Crippen molar-refractivity contribution in [3.05, 3.63) is 83.6 Å². The molecule has 6 nitrogen and oxygen atoms in total. The number of sulfonamides is 1. The molecule has 0 saturated heterocycles. The second-order valence-electron chi connectivity index (χ2n) is 7.22. The SMILES string of the molecule is CCS(=O)(=O)Nc1ccc(F)c(C(=O)Cc2cnc3[nH]c(-c4ccccc4)cc3c2)c1F. The highest BCUT2D eigenvalue weighted by molar-refractivity contribution is 7.92. The zero-order valence-corrected chi connectivity index (χ0v) is 17.8. The maximum absolute atomic E-state index is 14.8. The monoisotopic (exact) mass is 455 g/mol. The number of carbonyl (C=O) groups is 1. The van der Waals surface area contributed by atoms with Gasteiger partial charge >= 0.3 is 0 Å². The van der Waals surface area contributed by atoms with Crippen molar-refractivity contribution in [2.75, 3.05) is 10.5 Å². The first-order valence-electron chi connectivity index (χ1n) is 9.82. The summed E-state index contributed by atoms with van der Waals surface area (Å²) < 4.78 is 54.6. The molecule has 4 aromatic rings. The fraction of sp³-hybridized carbons (Fsp3) is 0.130. The van der Waals surface area contributed by atoms with Gasteiger partial charge in [0, 0.05) is 23.7 Å². The van der Waals surface area contributed by atoms with Gasteiger partial charge < -0.3 is 4.98 Å². The van der Waals surface area contributed by atoms with E-state index < -0.39 is 38.7 Å². The summed E-state index contributed by atoms with van der Waals surface area (Å²) in [5.41, 5.74) is 1.65. The van der Waals surface area contributed by atoms with Crippen LogP contribution in [0, 0.1) is 11.6 Å². The van der Waals surface area contributed by atoms with Crippen LogP contribution >= 0.6 is 0 Å². The lowest BCUT2D eigenvalue weighted by molar-refractivity contribution is 0.0985. The lowest BCUT2D eigenvalue weighted by Crippen LogP contribution is -2.18. The van der Waals surface area contributed by atoms with Gasteiger partial charge in [-0.1, -0.05) is 30.3 Å². The smallest absolute Gasteiger partial charge is 0.232 e. The standard InChI is InChI=1S/C23H19F2N3O3S/c1-2-32(30,31)28-18-9-8-17(24)21(22(18)25)20(29)11-14-10-16-12-19(27-23(16)26-13-14)15-6-4-3-5-7-15/h3-10,12-13,28H,2,11H2,1H3,(H,26,27). The van der Waals surface area contributed by atoms with E-state index in [2.05, 4.69) is 9.97 Å². The molecule has 0 aliphatic heterocycles. The molecule has 2 aromatic carbocycles. The topological polar surface area (TPSA) is 91.9 Å². The van der Waals surface area contributed by atoms with Gasteiger partial charge in [-0.3, -0.25) is 9.52 Å². The normalized spacial score (nSPS) is 11.6. The third-order valence-corrected chi connectivity index (χ3v) is 6.28. The highest BCUT2D eigenvalue weighted by atomic mass is 32.2. The van der Waals surface area contributed by atoms with Crippen molar-refractivity contribution in [2.45, 2.75) is 13.3 Å². The summed E-state index contributed by atoms with van der Waals surface area (Å²) in [6.07, 6.45) is 1.16. The molecule has 9 heteroatoms. The van der Waals surface area contributed by atoms with Crippen LogP contribution in [0.25, 0.3) is 22.3 Å². The largest absolute Gasteiger partial charge is 0.339 e. The van der Waals surface area contributed by atoms with Crippen molar-refractivity contribution in [3.8, 4) is 11.3 Å². The summed E-state index contributed by atoms with van der Waals surface area (Å²) in [5, 5.41) is 0.750. The Balaban J connectivity index is 1.62. The number of pyridine rings is 1. The molecular formula is C23H19F2N3O3S. The molecule has 0 fully saturated rings. The van der Waals surface area contributed by atoms with Crippen molar-refractivity contribution in [1.29, 1.82) is 0 Å². The number of nitrogens with zero attached hydrogens (tertiary/aromatic N) is 1. The summed E-state index contributed by atoms with van der Waals surface area (Å²) in [4.78, 5) is 20.2. The van der Waals surface area contributed by atoms with Gasteiger partial charge in [0.05, 0.1) is 17.0 Å². The molecule has 2 heterocycles. The molecule has 2 N–H and O–H groups in total. The number of fused-ring (bicyclic) bond motifs is 1. The zero-order valence-electron chi connectivity index (χ0n) is 17.0. The fourth-order valence-corrected chi connectivity index (χ4v) is 3.97. The van der Waals surface area contributed by atoms with Crippen LogP contribution in [0.5, 0.6) is 0 Å². The number of anilines is 1.